The molecule has 2 fully saturated rings. The lowest BCUT2D eigenvalue weighted by Crippen LogP contribution is -2.45. The van der Waals surface area contributed by atoms with E-state index in [1.165, 1.54) is 5.56 Å². The first-order valence-corrected chi connectivity index (χ1v) is 9.41. The van der Waals surface area contributed by atoms with Crippen molar-refractivity contribution in [3.63, 3.8) is 0 Å². The maximum absolute atomic E-state index is 13.8. The first-order valence-electron chi connectivity index (χ1n) is 7.80. The molecule has 3 rings (SSSR count). The van der Waals surface area contributed by atoms with Gasteiger partial charge in [-0.05, 0) is 19.1 Å². The van der Waals surface area contributed by atoms with Crippen molar-refractivity contribution in [2.75, 3.05) is 57.7 Å². The largest absolute Gasteiger partial charge is 0.379 e. The Balaban J connectivity index is 1.83. The van der Waals surface area contributed by atoms with Crippen LogP contribution < -0.4 is 5.09 Å². The molecule has 0 aliphatic carbocycles. The topological polar surface area (TPSA) is 54.0 Å². The fraction of sp³-hybridized carbons (Fsp3) is 0.600. The summed E-state index contributed by atoms with van der Waals surface area (Å²) in [4.78, 5) is 0. The van der Waals surface area contributed by atoms with Crippen LogP contribution in [-0.4, -0.2) is 61.9 Å². The highest BCUT2D eigenvalue weighted by Crippen LogP contribution is 2.53. The average molecular weight is 325 g/mol. The molecule has 2 aliphatic rings. The second kappa shape index (κ2) is 7.11. The van der Waals surface area contributed by atoms with Crippen LogP contribution in [0.25, 0.3) is 0 Å². The van der Waals surface area contributed by atoms with Crippen LogP contribution in [-0.2, 0) is 14.0 Å². The Morgan fingerprint density at radius 1 is 0.909 bits per heavy atom. The predicted molar refractivity (Wildman–Crippen MR) is 87.2 cm³/mol. The van der Waals surface area contributed by atoms with Crippen LogP contribution in [0.4, 0.5) is 5.69 Å². The quantitative estimate of drug-likeness (QED) is 0.857. The summed E-state index contributed by atoms with van der Waals surface area (Å²) in [6.45, 7) is 7.32. The molecular weight excluding hydrogens is 301 g/mol. The zero-order valence-corrected chi connectivity index (χ0v) is 13.9. The molecule has 2 aliphatic heterocycles. The van der Waals surface area contributed by atoms with Gasteiger partial charge < -0.3 is 14.6 Å². The SMILES string of the molecule is Cc1ccc(NP(=O)(N2CCOCC2)N2CCOCC2)cc1. The van der Waals surface area contributed by atoms with Gasteiger partial charge in [0.1, 0.15) is 0 Å². The molecule has 6 nitrogen and oxygen atoms in total. The number of aryl methyl sites for hydroxylation is 1. The molecule has 1 aromatic rings. The zero-order chi connectivity index (χ0) is 15.4. The molecule has 2 heterocycles. The van der Waals surface area contributed by atoms with Gasteiger partial charge in [-0.15, -0.1) is 0 Å². The Morgan fingerprint density at radius 3 is 1.82 bits per heavy atom. The number of morpholine rings is 2. The third-order valence-electron chi connectivity index (χ3n) is 4.07. The van der Waals surface area contributed by atoms with E-state index in [9.17, 15) is 4.57 Å². The van der Waals surface area contributed by atoms with Crippen molar-refractivity contribution in [2.24, 2.45) is 0 Å². The number of nitrogens with one attached hydrogen (secondary N) is 1. The van der Waals surface area contributed by atoms with E-state index in [2.05, 4.69) is 5.09 Å². The smallest absolute Gasteiger partial charge is 0.308 e. The molecule has 0 spiro atoms. The fourth-order valence-electron chi connectivity index (χ4n) is 2.77. The van der Waals surface area contributed by atoms with Gasteiger partial charge in [-0.3, -0.25) is 4.57 Å². The van der Waals surface area contributed by atoms with Crippen LogP contribution in [0.5, 0.6) is 0 Å². The van der Waals surface area contributed by atoms with Gasteiger partial charge in [0.2, 0.25) is 0 Å². The van der Waals surface area contributed by atoms with E-state index in [1.807, 2.05) is 40.5 Å². The lowest BCUT2D eigenvalue weighted by Gasteiger charge is -2.42. The molecule has 0 bridgehead atoms. The van der Waals surface area contributed by atoms with Crippen molar-refractivity contribution < 1.29 is 14.0 Å². The number of hydrogen-bond acceptors (Lipinski definition) is 3. The van der Waals surface area contributed by atoms with Gasteiger partial charge >= 0.3 is 7.59 Å². The molecule has 1 aromatic carbocycles. The van der Waals surface area contributed by atoms with Crippen molar-refractivity contribution in [2.45, 2.75) is 6.92 Å². The minimum atomic E-state index is -2.85. The molecule has 0 radical (unpaired) electrons. The molecule has 0 aromatic heterocycles. The Hall–Kier alpha value is -0.910. The van der Waals surface area contributed by atoms with E-state index < -0.39 is 7.59 Å². The Morgan fingerprint density at radius 2 is 1.36 bits per heavy atom. The van der Waals surface area contributed by atoms with Crippen LogP contribution >= 0.6 is 7.59 Å². The lowest BCUT2D eigenvalue weighted by atomic mass is 10.2. The second-order valence-electron chi connectivity index (χ2n) is 5.65. The summed E-state index contributed by atoms with van der Waals surface area (Å²) in [6, 6.07) is 8.04. The molecule has 0 atom stereocenters. The molecule has 22 heavy (non-hydrogen) atoms. The van der Waals surface area contributed by atoms with Crippen molar-refractivity contribution in [3.05, 3.63) is 29.8 Å². The Kier molecular flexibility index (Phi) is 5.16. The summed E-state index contributed by atoms with van der Waals surface area (Å²) in [5, 5.41) is 3.32. The third-order valence-corrected chi connectivity index (χ3v) is 6.95. The van der Waals surface area contributed by atoms with E-state index >= 15 is 0 Å². The molecular formula is C15H24N3O3P. The Bertz CT molecular complexity index is 503. The van der Waals surface area contributed by atoms with Crippen LogP contribution in [0.15, 0.2) is 24.3 Å². The normalized spacial score (nSPS) is 21.7. The first kappa shape index (κ1) is 16.0. The highest BCUT2D eigenvalue weighted by molar-refractivity contribution is 7.60. The zero-order valence-electron chi connectivity index (χ0n) is 13.0. The number of ether oxygens (including phenoxy) is 2. The van der Waals surface area contributed by atoms with Crippen molar-refractivity contribution in [1.82, 2.24) is 9.34 Å². The monoisotopic (exact) mass is 325 g/mol. The van der Waals surface area contributed by atoms with Crippen LogP contribution in [0.2, 0.25) is 0 Å². The molecule has 122 valence electrons. The molecule has 0 amide bonds. The van der Waals surface area contributed by atoms with Gasteiger partial charge in [-0.2, -0.15) is 0 Å². The highest BCUT2D eigenvalue weighted by atomic mass is 31.2. The molecule has 0 saturated carbocycles. The highest BCUT2D eigenvalue weighted by Gasteiger charge is 2.39. The fourth-order valence-corrected chi connectivity index (χ4v) is 5.30. The van der Waals surface area contributed by atoms with Crippen molar-refractivity contribution in [1.29, 1.82) is 0 Å². The number of rotatable bonds is 4. The van der Waals surface area contributed by atoms with E-state index in [0.29, 0.717) is 52.6 Å². The minimum absolute atomic E-state index is 0.629. The molecule has 7 heteroatoms. The van der Waals surface area contributed by atoms with Crippen LogP contribution in [0.3, 0.4) is 0 Å². The summed E-state index contributed by atoms with van der Waals surface area (Å²) in [7, 11) is -2.85. The predicted octanol–water partition coefficient (Wildman–Crippen LogP) is 2.18. The average Bonchev–Trinajstić information content (AvgIpc) is 2.58. The number of hydrogen-bond donors (Lipinski definition) is 1. The third kappa shape index (κ3) is 3.53. The standard InChI is InChI=1S/C15H24N3O3P/c1-14-2-4-15(5-3-14)16-22(19,17-6-10-20-11-7-17)18-8-12-21-13-9-18/h2-5H,6-13H2,1H3,(H,16,19). The number of anilines is 1. The summed E-state index contributed by atoms with van der Waals surface area (Å²) in [6.07, 6.45) is 0. The molecule has 2 saturated heterocycles. The van der Waals surface area contributed by atoms with Gasteiger partial charge in [0.25, 0.3) is 0 Å². The maximum Gasteiger partial charge on any atom is 0.308 e. The van der Waals surface area contributed by atoms with E-state index in [-0.39, 0.29) is 0 Å². The summed E-state index contributed by atoms with van der Waals surface area (Å²) in [5.41, 5.74) is 2.09. The summed E-state index contributed by atoms with van der Waals surface area (Å²) in [5.74, 6) is 0. The first-order chi connectivity index (χ1) is 10.7. The molecule has 0 unspecified atom stereocenters. The Labute approximate surface area is 131 Å². The summed E-state index contributed by atoms with van der Waals surface area (Å²) < 4.78 is 28.7. The maximum atomic E-state index is 13.8. The van der Waals surface area contributed by atoms with Crippen LogP contribution in [0.1, 0.15) is 5.56 Å². The molecule has 1 N–H and O–H groups in total. The van der Waals surface area contributed by atoms with E-state index in [1.54, 1.807) is 0 Å². The van der Waals surface area contributed by atoms with Crippen molar-refractivity contribution in [3.8, 4) is 0 Å². The lowest BCUT2D eigenvalue weighted by molar-refractivity contribution is 0.0530. The summed E-state index contributed by atoms with van der Waals surface area (Å²) >= 11 is 0. The van der Waals surface area contributed by atoms with Crippen LogP contribution in [0, 0.1) is 6.92 Å². The van der Waals surface area contributed by atoms with Gasteiger partial charge in [0.05, 0.1) is 26.4 Å². The number of benzene rings is 1. The number of nitrogens with zero attached hydrogens (tertiary/aromatic N) is 2. The van der Waals surface area contributed by atoms with Gasteiger partial charge in [0, 0.05) is 31.9 Å². The van der Waals surface area contributed by atoms with Gasteiger partial charge in [-0.25, -0.2) is 9.34 Å². The second-order valence-corrected chi connectivity index (χ2v) is 8.10. The van der Waals surface area contributed by atoms with E-state index in [4.69, 9.17) is 9.47 Å². The van der Waals surface area contributed by atoms with Crippen molar-refractivity contribution >= 4 is 13.3 Å². The van der Waals surface area contributed by atoms with Gasteiger partial charge in [0.15, 0.2) is 0 Å². The van der Waals surface area contributed by atoms with Gasteiger partial charge in [-0.1, -0.05) is 17.7 Å². The minimum Gasteiger partial charge on any atom is -0.379 e. The van der Waals surface area contributed by atoms with E-state index in [0.717, 1.165) is 5.69 Å².